The number of para-hydroxylation sites is 1. The van der Waals surface area contributed by atoms with E-state index in [1.807, 2.05) is 36.4 Å². The summed E-state index contributed by atoms with van der Waals surface area (Å²) in [4.78, 5) is 25.8. The average molecular weight is 588 g/mol. The number of benzene rings is 2. The van der Waals surface area contributed by atoms with Crippen LogP contribution in [0.5, 0.6) is 0 Å². The largest absolute Gasteiger partial charge is 0.387 e. The van der Waals surface area contributed by atoms with E-state index < -0.39 is 30.4 Å². The number of nitrogens with zero attached hydrogens (tertiary/aromatic N) is 5. The summed E-state index contributed by atoms with van der Waals surface area (Å²) in [6.45, 7) is 1.33. The summed E-state index contributed by atoms with van der Waals surface area (Å²) in [5.41, 5.74) is 4.45. The molecule has 4 heterocycles. The van der Waals surface area contributed by atoms with Crippen LogP contribution >= 0.6 is 11.6 Å². The summed E-state index contributed by atoms with van der Waals surface area (Å²) in [5, 5.41) is 29.4. The molecule has 0 radical (unpaired) electrons. The van der Waals surface area contributed by atoms with E-state index in [9.17, 15) is 15.0 Å². The second-order valence-corrected chi connectivity index (χ2v) is 11.3. The van der Waals surface area contributed by atoms with Crippen molar-refractivity contribution in [1.82, 2.24) is 29.4 Å². The fourth-order valence-corrected chi connectivity index (χ4v) is 5.67. The van der Waals surface area contributed by atoms with Gasteiger partial charge in [-0.05, 0) is 48.6 Å². The molecule has 1 saturated carbocycles. The Labute approximate surface area is 246 Å². The highest BCUT2D eigenvalue weighted by Gasteiger charge is 2.48. The molecule has 0 spiro atoms. The van der Waals surface area contributed by atoms with Crippen LogP contribution in [0.1, 0.15) is 30.2 Å². The zero-order chi connectivity index (χ0) is 28.8. The van der Waals surface area contributed by atoms with Gasteiger partial charge >= 0.3 is 0 Å². The summed E-state index contributed by atoms with van der Waals surface area (Å²) in [6, 6.07) is 16.3. The molecule has 11 nitrogen and oxygen atoms in total. The first-order valence-electron chi connectivity index (χ1n) is 14.0. The first kappa shape index (κ1) is 26.8. The standard InChI is InChI=1S/C30H30ClN7O4/c31-19-7-5-17(6-8-19)13-37-14-18(21-3-1-2-4-22(21)37)11-12-32-27-23-28(34-15-33-27)38(16-35-23)30-25(40)24(39)26(42-30)29(41)36-20-9-10-20/h1-8,14-16,20,24-26,30,39-40H,9-13H2,(H,36,41)(H,32,33,34)/t24-,25+,26-,30?/m0/s1. The van der Waals surface area contributed by atoms with Crippen molar-refractivity contribution in [3.8, 4) is 0 Å². The maximum atomic E-state index is 12.5. The molecule has 12 heteroatoms. The molecule has 2 aliphatic rings. The zero-order valence-corrected chi connectivity index (χ0v) is 23.4. The molecule has 3 aromatic heterocycles. The van der Waals surface area contributed by atoms with Crippen molar-refractivity contribution in [3.05, 3.63) is 83.5 Å². The first-order chi connectivity index (χ1) is 20.5. The highest BCUT2D eigenvalue weighted by molar-refractivity contribution is 6.30. The minimum absolute atomic E-state index is 0.111. The van der Waals surface area contributed by atoms with Crippen LogP contribution in [-0.4, -0.2) is 71.1 Å². The summed E-state index contributed by atoms with van der Waals surface area (Å²) in [6.07, 6.45) is 2.75. The molecule has 7 rings (SSSR count). The highest BCUT2D eigenvalue weighted by atomic mass is 35.5. The van der Waals surface area contributed by atoms with Gasteiger partial charge in [-0.25, -0.2) is 15.0 Å². The average Bonchev–Trinajstić information content (AvgIpc) is 3.48. The first-order valence-corrected chi connectivity index (χ1v) is 14.4. The number of aliphatic hydroxyl groups excluding tert-OH is 2. The summed E-state index contributed by atoms with van der Waals surface area (Å²) in [5.74, 6) is 0.113. The third kappa shape index (κ3) is 5.09. The van der Waals surface area contributed by atoms with Crippen LogP contribution in [0.3, 0.4) is 0 Å². The van der Waals surface area contributed by atoms with Gasteiger partial charge in [0.25, 0.3) is 5.91 Å². The van der Waals surface area contributed by atoms with Gasteiger partial charge in [-0.1, -0.05) is 41.9 Å². The van der Waals surface area contributed by atoms with Gasteiger partial charge in [0.15, 0.2) is 29.3 Å². The van der Waals surface area contributed by atoms with Crippen LogP contribution < -0.4 is 10.6 Å². The summed E-state index contributed by atoms with van der Waals surface area (Å²) >= 11 is 6.07. The lowest BCUT2D eigenvalue weighted by Crippen LogP contribution is -2.43. The predicted octanol–water partition coefficient (Wildman–Crippen LogP) is 3.04. The number of hydrogen-bond donors (Lipinski definition) is 4. The highest BCUT2D eigenvalue weighted by Crippen LogP contribution is 2.33. The van der Waals surface area contributed by atoms with Gasteiger partial charge in [0.05, 0.1) is 6.33 Å². The van der Waals surface area contributed by atoms with Gasteiger partial charge in [-0.3, -0.25) is 9.36 Å². The van der Waals surface area contributed by atoms with E-state index in [1.165, 1.54) is 33.7 Å². The van der Waals surface area contributed by atoms with E-state index in [2.05, 4.69) is 48.5 Å². The second-order valence-electron chi connectivity index (χ2n) is 10.9. The lowest BCUT2D eigenvalue weighted by Gasteiger charge is -2.16. The van der Waals surface area contributed by atoms with Crippen LogP contribution in [0.2, 0.25) is 5.02 Å². The SMILES string of the molecule is O=C(NC1CC1)[C@H]1OC(n2cnc3c(NCCc4cn(Cc5ccc(Cl)cc5)c5ccccc45)ncnc32)[C@H](O)[C@@H]1O. The van der Waals surface area contributed by atoms with Crippen LogP contribution in [0.4, 0.5) is 5.82 Å². The quantitative estimate of drug-likeness (QED) is 0.206. The third-order valence-corrected chi connectivity index (χ3v) is 8.13. The van der Waals surface area contributed by atoms with E-state index in [0.717, 1.165) is 36.3 Å². The molecule has 216 valence electrons. The maximum absolute atomic E-state index is 12.5. The number of carbonyl (C=O) groups is 1. The molecule has 4 N–H and O–H groups in total. The van der Waals surface area contributed by atoms with Crippen LogP contribution in [0, 0.1) is 0 Å². The molecular weight excluding hydrogens is 558 g/mol. The topological polar surface area (TPSA) is 139 Å². The lowest BCUT2D eigenvalue weighted by atomic mass is 10.1. The van der Waals surface area contributed by atoms with E-state index in [4.69, 9.17) is 16.3 Å². The van der Waals surface area contributed by atoms with Gasteiger partial charge in [0.1, 0.15) is 18.5 Å². The number of fused-ring (bicyclic) bond motifs is 2. The number of aliphatic hydroxyl groups is 2. The van der Waals surface area contributed by atoms with Crippen molar-refractivity contribution in [2.24, 2.45) is 0 Å². The number of rotatable bonds is 9. The molecule has 1 saturated heterocycles. The second kappa shape index (κ2) is 11.0. The molecule has 2 aromatic carbocycles. The molecule has 1 aliphatic heterocycles. The molecule has 1 aliphatic carbocycles. The van der Waals surface area contributed by atoms with Crippen molar-refractivity contribution < 1.29 is 19.7 Å². The van der Waals surface area contributed by atoms with Crippen molar-refractivity contribution in [2.45, 2.75) is 56.4 Å². The normalized spacial score (nSPS) is 22.2. The number of anilines is 1. The Hall–Kier alpha value is -4.03. The van der Waals surface area contributed by atoms with E-state index in [0.29, 0.717) is 23.5 Å². The van der Waals surface area contributed by atoms with E-state index >= 15 is 0 Å². The van der Waals surface area contributed by atoms with Crippen LogP contribution in [-0.2, 0) is 22.5 Å². The lowest BCUT2D eigenvalue weighted by molar-refractivity contribution is -0.137. The van der Waals surface area contributed by atoms with Crippen molar-refractivity contribution in [1.29, 1.82) is 0 Å². The molecule has 1 unspecified atom stereocenters. The van der Waals surface area contributed by atoms with Gasteiger partial charge < -0.3 is 30.2 Å². The van der Waals surface area contributed by atoms with Gasteiger partial charge in [-0.2, -0.15) is 0 Å². The molecule has 5 aromatic rings. The Balaban J connectivity index is 1.07. The maximum Gasteiger partial charge on any atom is 0.252 e. The summed E-state index contributed by atoms with van der Waals surface area (Å²) in [7, 11) is 0. The number of halogens is 1. The number of nitrogens with one attached hydrogen (secondary N) is 2. The van der Waals surface area contributed by atoms with Gasteiger partial charge in [-0.15, -0.1) is 0 Å². The Kier molecular flexibility index (Phi) is 7.02. The fraction of sp³-hybridized carbons (Fsp3) is 0.333. The minimum atomic E-state index is -1.37. The van der Waals surface area contributed by atoms with Crippen LogP contribution in [0.25, 0.3) is 22.1 Å². The Bertz CT molecular complexity index is 1750. The van der Waals surface area contributed by atoms with E-state index in [1.54, 1.807) is 0 Å². The number of carbonyl (C=O) groups excluding carboxylic acids is 1. The van der Waals surface area contributed by atoms with Crippen molar-refractivity contribution >= 4 is 45.4 Å². The Morgan fingerprint density at radius 2 is 1.86 bits per heavy atom. The summed E-state index contributed by atoms with van der Waals surface area (Å²) < 4.78 is 9.60. The van der Waals surface area contributed by atoms with Crippen molar-refractivity contribution in [3.63, 3.8) is 0 Å². The van der Waals surface area contributed by atoms with Crippen molar-refractivity contribution in [2.75, 3.05) is 11.9 Å². The molecule has 2 fully saturated rings. The monoisotopic (exact) mass is 587 g/mol. The fourth-order valence-electron chi connectivity index (χ4n) is 5.54. The minimum Gasteiger partial charge on any atom is -0.387 e. The predicted molar refractivity (Wildman–Crippen MR) is 157 cm³/mol. The van der Waals surface area contributed by atoms with Gasteiger partial charge in [0.2, 0.25) is 0 Å². The number of ether oxygens (including phenoxy) is 1. The van der Waals surface area contributed by atoms with E-state index in [-0.39, 0.29) is 6.04 Å². The zero-order valence-electron chi connectivity index (χ0n) is 22.6. The number of hydrogen-bond acceptors (Lipinski definition) is 8. The molecule has 4 atom stereocenters. The molecule has 0 bridgehead atoms. The number of aromatic nitrogens is 5. The number of amides is 1. The molecule has 42 heavy (non-hydrogen) atoms. The third-order valence-electron chi connectivity index (χ3n) is 7.88. The Morgan fingerprint density at radius 1 is 1.05 bits per heavy atom. The molecular formula is C30H30ClN7O4. The van der Waals surface area contributed by atoms with Crippen LogP contribution in [0.15, 0.2) is 67.4 Å². The molecule has 1 amide bonds. The smallest absolute Gasteiger partial charge is 0.252 e. The Morgan fingerprint density at radius 3 is 2.67 bits per heavy atom. The number of imidazole rings is 1. The van der Waals surface area contributed by atoms with Gasteiger partial charge in [0, 0.05) is 41.3 Å².